The first kappa shape index (κ1) is 24.0. The van der Waals surface area contributed by atoms with Gasteiger partial charge >= 0.3 is 5.97 Å². The van der Waals surface area contributed by atoms with E-state index in [0.717, 1.165) is 31.3 Å². The first-order valence-corrected chi connectivity index (χ1v) is 12.8. The summed E-state index contributed by atoms with van der Waals surface area (Å²) in [5.41, 5.74) is 1.43. The summed E-state index contributed by atoms with van der Waals surface area (Å²) in [6.45, 7) is 7.95. The van der Waals surface area contributed by atoms with Crippen molar-refractivity contribution in [3.8, 4) is 0 Å². The van der Waals surface area contributed by atoms with Gasteiger partial charge in [-0.3, -0.25) is 4.79 Å². The van der Waals surface area contributed by atoms with Crippen LogP contribution in [0, 0.1) is 40.4 Å². The van der Waals surface area contributed by atoms with Gasteiger partial charge in [0.05, 0.1) is 17.6 Å². The lowest BCUT2D eigenvalue weighted by molar-refractivity contribution is -0.155. The van der Waals surface area contributed by atoms with E-state index in [4.69, 9.17) is 4.74 Å². The van der Waals surface area contributed by atoms with Crippen LogP contribution in [0.25, 0.3) is 0 Å². The molecule has 0 aromatic carbocycles. The summed E-state index contributed by atoms with van der Waals surface area (Å²) in [5, 5.41) is 32.4. The van der Waals surface area contributed by atoms with Crippen molar-refractivity contribution in [2.24, 2.45) is 40.4 Å². The minimum Gasteiger partial charge on any atom is -0.458 e. The van der Waals surface area contributed by atoms with E-state index < -0.39 is 17.6 Å². The van der Waals surface area contributed by atoms with E-state index in [-0.39, 0.29) is 59.5 Å². The van der Waals surface area contributed by atoms with Crippen molar-refractivity contribution in [3.63, 3.8) is 0 Å². The van der Waals surface area contributed by atoms with Crippen molar-refractivity contribution in [2.45, 2.75) is 78.1 Å². The van der Waals surface area contributed by atoms with Crippen LogP contribution in [-0.4, -0.2) is 52.0 Å². The highest BCUT2D eigenvalue weighted by atomic mass is 16.5. The highest BCUT2D eigenvalue weighted by Crippen LogP contribution is 2.66. The van der Waals surface area contributed by atoms with Crippen LogP contribution in [0.2, 0.25) is 0 Å². The van der Waals surface area contributed by atoms with Crippen molar-refractivity contribution in [1.82, 2.24) is 0 Å². The standard InChI is InChI=1S/C28H38O6/c1-14-11-23(34-26(33)15(14)2)16(13-29)17-5-6-18-25-19(9-10-27(17,18)3)28(4)20(12-22(25)31)21(30)7-8-24(28)32/h7-8,12,16-19,21-23,25,29-31H,5-6,9-11,13H2,1-4H3/t16-,17?,18?,19?,21-,22?,23+,25?,27+,28+/m0/s1. The van der Waals surface area contributed by atoms with Crippen LogP contribution in [0.5, 0.6) is 0 Å². The van der Waals surface area contributed by atoms with Gasteiger partial charge in [0.1, 0.15) is 6.10 Å². The van der Waals surface area contributed by atoms with Crippen molar-refractivity contribution < 1.29 is 29.6 Å². The van der Waals surface area contributed by atoms with Crippen LogP contribution in [0.15, 0.2) is 34.9 Å². The molecule has 5 unspecified atom stereocenters. The van der Waals surface area contributed by atoms with Crippen molar-refractivity contribution in [2.75, 3.05) is 6.61 Å². The summed E-state index contributed by atoms with van der Waals surface area (Å²) in [5.74, 6) is -0.150. The molecule has 0 spiro atoms. The smallest absolute Gasteiger partial charge is 0.333 e. The number of cyclic esters (lactones) is 1. The number of aliphatic hydroxyl groups excluding tert-OH is 3. The average Bonchev–Trinajstić information content (AvgIpc) is 3.14. The second-order valence-electron chi connectivity index (χ2n) is 11.9. The number of rotatable bonds is 3. The van der Waals surface area contributed by atoms with Gasteiger partial charge in [-0.1, -0.05) is 18.6 Å². The van der Waals surface area contributed by atoms with E-state index >= 15 is 0 Å². The number of aliphatic hydroxyl groups is 3. The van der Waals surface area contributed by atoms with Crippen LogP contribution in [0.4, 0.5) is 0 Å². The molecule has 186 valence electrons. The van der Waals surface area contributed by atoms with Crippen LogP contribution in [0.1, 0.15) is 59.8 Å². The van der Waals surface area contributed by atoms with Gasteiger partial charge in [0, 0.05) is 24.5 Å². The third kappa shape index (κ3) is 3.17. The fourth-order valence-electron chi connectivity index (χ4n) is 8.60. The van der Waals surface area contributed by atoms with Gasteiger partial charge in [0.25, 0.3) is 0 Å². The molecule has 0 aromatic rings. The molecule has 0 amide bonds. The van der Waals surface area contributed by atoms with Crippen molar-refractivity contribution in [1.29, 1.82) is 0 Å². The van der Waals surface area contributed by atoms with E-state index in [0.29, 0.717) is 17.6 Å². The van der Waals surface area contributed by atoms with Gasteiger partial charge in [0.2, 0.25) is 0 Å². The lowest BCUT2D eigenvalue weighted by Gasteiger charge is -2.58. The zero-order valence-electron chi connectivity index (χ0n) is 20.7. The number of esters is 1. The van der Waals surface area contributed by atoms with Crippen molar-refractivity contribution >= 4 is 11.8 Å². The zero-order valence-corrected chi connectivity index (χ0v) is 20.7. The van der Waals surface area contributed by atoms with E-state index in [2.05, 4.69) is 6.92 Å². The fourth-order valence-corrected chi connectivity index (χ4v) is 8.60. The third-order valence-electron chi connectivity index (χ3n) is 10.7. The molecule has 6 nitrogen and oxygen atoms in total. The SMILES string of the molecule is CC1=C(C)C(=O)O[C@@H]([C@@H](CO)C2CCC3C4C(O)C=C5[C@@H](O)C=CC(=O)[C@]5(C)C4CC[C@@]32C)C1. The van der Waals surface area contributed by atoms with Crippen LogP contribution < -0.4 is 0 Å². The van der Waals surface area contributed by atoms with Gasteiger partial charge in [-0.25, -0.2) is 4.79 Å². The lowest BCUT2D eigenvalue weighted by Crippen LogP contribution is -2.58. The van der Waals surface area contributed by atoms with Gasteiger partial charge in [-0.05, 0) is 93.3 Å². The minimum absolute atomic E-state index is 0.0177. The van der Waals surface area contributed by atoms with Crippen LogP contribution >= 0.6 is 0 Å². The fraction of sp³-hybridized carbons (Fsp3) is 0.714. The Bertz CT molecular complexity index is 993. The highest BCUT2D eigenvalue weighted by molar-refractivity contribution is 5.99. The summed E-state index contributed by atoms with van der Waals surface area (Å²) in [6, 6.07) is 0. The maximum Gasteiger partial charge on any atom is 0.333 e. The molecule has 10 atom stereocenters. The molecule has 1 heterocycles. The predicted molar refractivity (Wildman–Crippen MR) is 126 cm³/mol. The molecule has 1 aliphatic heterocycles. The number of hydrogen-bond acceptors (Lipinski definition) is 6. The van der Waals surface area contributed by atoms with Gasteiger partial charge in [0.15, 0.2) is 5.78 Å². The molecule has 2 fully saturated rings. The molecule has 0 saturated heterocycles. The molecule has 2 saturated carbocycles. The number of hydrogen-bond donors (Lipinski definition) is 3. The maximum absolute atomic E-state index is 13.1. The Balaban J connectivity index is 1.47. The number of fused-ring (bicyclic) bond motifs is 5. The zero-order chi connectivity index (χ0) is 24.6. The minimum atomic E-state index is -0.831. The predicted octanol–water partition coefficient (Wildman–Crippen LogP) is 3.11. The second kappa shape index (κ2) is 8.14. The quantitative estimate of drug-likeness (QED) is 0.433. The monoisotopic (exact) mass is 470 g/mol. The summed E-state index contributed by atoms with van der Waals surface area (Å²) in [4.78, 5) is 25.5. The Morgan fingerprint density at radius 1 is 1.12 bits per heavy atom. The second-order valence-corrected chi connectivity index (χ2v) is 11.9. The highest BCUT2D eigenvalue weighted by Gasteiger charge is 2.63. The van der Waals surface area contributed by atoms with Crippen molar-refractivity contribution in [3.05, 3.63) is 34.9 Å². The normalized spacial score (nSPS) is 46.9. The molecular formula is C28H38O6. The van der Waals surface area contributed by atoms with E-state index in [1.54, 1.807) is 13.0 Å². The maximum atomic E-state index is 13.1. The molecule has 5 rings (SSSR count). The molecular weight excluding hydrogens is 432 g/mol. The molecule has 0 aromatic heterocycles. The third-order valence-corrected chi connectivity index (χ3v) is 10.7. The van der Waals surface area contributed by atoms with Gasteiger partial charge in [-0.15, -0.1) is 0 Å². The van der Waals surface area contributed by atoms with Crippen LogP contribution in [0.3, 0.4) is 0 Å². The Kier molecular flexibility index (Phi) is 5.74. The van der Waals surface area contributed by atoms with E-state index in [1.807, 2.05) is 13.8 Å². The molecule has 5 aliphatic rings. The molecule has 0 bridgehead atoms. The molecule has 6 heteroatoms. The Morgan fingerprint density at radius 2 is 1.85 bits per heavy atom. The first-order valence-electron chi connectivity index (χ1n) is 12.8. The summed E-state index contributed by atoms with van der Waals surface area (Å²) < 4.78 is 5.80. The molecule has 34 heavy (non-hydrogen) atoms. The number of carbonyl (C=O) groups excluding carboxylic acids is 2. The largest absolute Gasteiger partial charge is 0.458 e. The van der Waals surface area contributed by atoms with Gasteiger partial charge < -0.3 is 20.1 Å². The summed E-state index contributed by atoms with van der Waals surface area (Å²) in [6.07, 6.45) is 7.05. The number of allylic oxidation sites excluding steroid dienone is 1. The Morgan fingerprint density at radius 3 is 2.53 bits per heavy atom. The summed E-state index contributed by atoms with van der Waals surface area (Å²) >= 11 is 0. The Hall–Kier alpha value is -1.76. The average molecular weight is 471 g/mol. The molecule has 3 N–H and O–H groups in total. The number of ether oxygens (including phenoxy) is 1. The first-order chi connectivity index (χ1) is 16.0. The van der Waals surface area contributed by atoms with E-state index in [9.17, 15) is 24.9 Å². The molecule has 4 aliphatic carbocycles. The van der Waals surface area contributed by atoms with Crippen LogP contribution in [-0.2, 0) is 14.3 Å². The molecule has 0 radical (unpaired) electrons. The number of carbonyl (C=O) groups is 2. The lowest BCUT2D eigenvalue weighted by atomic mass is 9.46. The Labute approximate surface area is 201 Å². The summed E-state index contributed by atoms with van der Waals surface area (Å²) in [7, 11) is 0. The van der Waals surface area contributed by atoms with E-state index in [1.165, 1.54) is 12.2 Å². The topological polar surface area (TPSA) is 104 Å². The number of ketones is 1. The van der Waals surface area contributed by atoms with Gasteiger partial charge in [-0.2, -0.15) is 0 Å².